The molecule has 1 atom stereocenters. The number of benzene rings is 1. The minimum Gasteiger partial charge on any atom is -0.468 e. The summed E-state index contributed by atoms with van der Waals surface area (Å²) in [6.07, 6.45) is 3.51. The largest absolute Gasteiger partial charge is 0.468 e. The Morgan fingerprint density at radius 3 is 2.58 bits per heavy atom. The van der Waals surface area contributed by atoms with Crippen molar-refractivity contribution in [1.29, 1.82) is 0 Å². The fourth-order valence-electron chi connectivity index (χ4n) is 3.55. The van der Waals surface area contributed by atoms with Gasteiger partial charge < -0.3 is 14.5 Å². The maximum atomic E-state index is 12.5. The van der Waals surface area contributed by atoms with Gasteiger partial charge in [0.1, 0.15) is 5.76 Å². The molecule has 1 aromatic heterocycles. The van der Waals surface area contributed by atoms with E-state index in [2.05, 4.69) is 29.6 Å². The van der Waals surface area contributed by atoms with Crippen LogP contribution in [-0.4, -0.2) is 44.2 Å². The lowest BCUT2D eigenvalue weighted by Crippen LogP contribution is -2.46. The molecular weight excluding hydrogens is 328 g/mol. The summed E-state index contributed by atoms with van der Waals surface area (Å²) in [6.45, 7) is 4.49. The van der Waals surface area contributed by atoms with Gasteiger partial charge in [0.25, 0.3) is 0 Å². The van der Waals surface area contributed by atoms with E-state index in [1.54, 1.807) is 6.26 Å². The van der Waals surface area contributed by atoms with E-state index in [0.29, 0.717) is 13.1 Å². The van der Waals surface area contributed by atoms with E-state index < -0.39 is 0 Å². The summed E-state index contributed by atoms with van der Waals surface area (Å²) in [7, 11) is 1.94. The molecule has 1 saturated heterocycles. The summed E-state index contributed by atoms with van der Waals surface area (Å²) in [5.41, 5.74) is 1.24. The first kappa shape index (κ1) is 18.7. The number of likely N-dealkylation sites (N-methyl/N-ethyl adjacent to an activating group) is 1. The van der Waals surface area contributed by atoms with Crippen LogP contribution in [-0.2, 0) is 14.9 Å². The standard InChI is InChI=1S/C21H28N2O3/c1-17(19-9-6-12-26-19)23(2)15-20(24)22-16-21(10-13-25-14-11-21)18-7-4-3-5-8-18/h3-9,12,17H,10-11,13-16H2,1-2H3,(H,22,24). The van der Waals surface area contributed by atoms with Crippen molar-refractivity contribution in [2.24, 2.45) is 0 Å². The van der Waals surface area contributed by atoms with Gasteiger partial charge in [-0.15, -0.1) is 0 Å². The lowest BCUT2D eigenvalue weighted by Gasteiger charge is -2.38. The Bertz CT molecular complexity index is 679. The highest BCUT2D eigenvalue weighted by atomic mass is 16.5. The monoisotopic (exact) mass is 356 g/mol. The van der Waals surface area contributed by atoms with Crippen molar-refractivity contribution in [2.75, 3.05) is 33.4 Å². The van der Waals surface area contributed by atoms with Gasteiger partial charge in [-0.05, 0) is 44.5 Å². The summed E-state index contributed by atoms with van der Waals surface area (Å²) in [5, 5.41) is 3.16. The van der Waals surface area contributed by atoms with Crippen LogP contribution in [0.1, 0.15) is 37.1 Å². The third-order valence-corrected chi connectivity index (χ3v) is 5.47. The molecule has 140 valence electrons. The molecule has 1 aromatic carbocycles. The topological polar surface area (TPSA) is 54.7 Å². The van der Waals surface area contributed by atoms with Gasteiger partial charge in [0.2, 0.25) is 5.91 Å². The van der Waals surface area contributed by atoms with Gasteiger partial charge in [-0.1, -0.05) is 30.3 Å². The number of carbonyl (C=O) groups is 1. The smallest absolute Gasteiger partial charge is 0.234 e. The van der Waals surface area contributed by atoms with Crippen LogP contribution in [0.3, 0.4) is 0 Å². The summed E-state index contributed by atoms with van der Waals surface area (Å²) < 4.78 is 11.0. The van der Waals surface area contributed by atoms with E-state index in [4.69, 9.17) is 9.15 Å². The van der Waals surface area contributed by atoms with E-state index in [9.17, 15) is 4.79 Å². The number of nitrogens with zero attached hydrogens (tertiary/aromatic N) is 1. The molecule has 0 radical (unpaired) electrons. The van der Waals surface area contributed by atoms with E-state index in [0.717, 1.165) is 31.8 Å². The number of carbonyl (C=O) groups excluding carboxylic acids is 1. The molecule has 1 unspecified atom stereocenters. The van der Waals surface area contributed by atoms with Crippen LogP contribution in [0.4, 0.5) is 0 Å². The molecule has 1 fully saturated rings. The lowest BCUT2D eigenvalue weighted by molar-refractivity contribution is -0.123. The Morgan fingerprint density at radius 1 is 1.19 bits per heavy atom. The van der Waals surface area contributed by atoms with E-state index in [-0.39, 0.29) is 17.4 Å². The Kier molecular flexibility index (Phi) is 6.12. The van der Waals surface area contributed by atoms with Gasteiger partial charge in [-0.2, -0.15) is 0 Å². The normalized spacial score (nSPS) is 17.8. The molecule has 0 saturated carbocycles. The van der Waals surface area contributed by atoms with Crippen LogP contribution in [0.5, 0.6) is 0 Å². The third-order valence-electron chi connectivity index (χ3n) is 5.47. The predicted octanol–water partition coefficient (Wildman–Crippen LogP) is 3.14. The number of rotatable bonds is 7. The van der Waals surface area contributed by atoms with Crippen LogP contribution in [0.15, 0.2) is 53.1 Å². The lowest BCUT2D eigenvalue weighted by atomic mass is 9.74. The van der Waals surface area contributed by atoms with E-state index in [1.165, 1.54) is 5.56 Å². The SMILES string of the molecule is CC(c1ccco1)N(C)CC(=O)NCC1(c2ccccc2)CCOCC1. The molecule has 1 aliphatic heterocycles. The molecule has 2 aromatic rings. The van der Waals surface area contributed by atoms with Gasteiger partial charge in [0, 0.05) is 25.2 Å². The molecule has 2 heterocycles. The summed E-state index contributed by atoms with van der Waals surface area (Å²) in [6, 6.07) is 14.3. The van der Waals surface area contributed by atoms with Crippen LogP contribution in [0.2, 0.25) is 0 Å². The average Bonchev–Trinajstić information content (AvgIpc) is 3.22. The second-order valence-electron chi connectivity index (χ2n) is 7.14. The van der Waals surface area contributed by atoms with Crippen LogP contribution in [0.25, 0.3) is 0 Å². The number of nitrogens with one attached hydrogen (secondary N) is 1. The number of amides is 1. The maximum absolute atomic E-state index is 12.5. The number of furan rings is 1. The Morgan fingerprint density at radius 2 is 1.92 bits per heavy atom. The van der Waals surface area contributed by atoms with E-state index >= 15 is 0 Å². The minimum absolute atomic E-state index is 0.0349. The van der Waals surface area contributed by atoms with Gasteiger partial charge in [-0.25, -0.2) is 0 Å². The first-order valence-corrected chi connectivity index (χ1v) is 9.24. The molecular formula is C21H28N2O3. The van der Waals surface area contributed by atoms with Gasteiger partial charge in [-0.3, -0.25) is 9.69 Å². The number of hydrogen-bond donors (Lipinski definition) is 1. The first-order chi connectivity index (χ1) is 12.6. The molecule has 5 heteroatoms. The molecule has 0 aliphatic carbocycles. The second kappa shape index (κ2) is 8.52. The van der Waals surface area contributed by atoms with Crippen molar-refractivity contribution in [3.8, 4) is 0 Å². The zero-order chi connectivity index (χ0) is 18.4. The van der Waals surface area contributed by atoms with Crippen molar-refractivity contribution in [1.82, 2.24) is 10.2 Å². The Balaban J connectivity index is 1.59. The maximum Gasteiger partial charge on any atom is 0.234 e. The van der Waals surface area contributed by atoms with Crippen molar-refractivity contribution in [3.63, 3.8) is 0 Å². The molecule has 3 rings (SSSR count). The zero-order valence-corrected chi connectivity index (χ0v) is 15.6. The van der Waals surface area contributed by atoms with Crippen molar-refractivity contribution in [3.05, 3.63) is 60.1 Å². The summed E-state index contributed by atoms with van der Waals surface area (Å²) in [5.74, 6) is 0.901. The van der Waals surface area contributed by atoms with Crippen molar-refractivity contribution < 1.29 is 13.9 Å². The highest BCUT2D eigenvalue weighted by molar-refractivity contribution is 5.78. The fourth-order valence-corrected chi connectivity index (χ4v) is 3.55. The fraction of sp³-hybridized carbons (Fsp3) is 0.476. The van der Waals surface area contributed by atoms with Crippen molar-refractivity contribution in [2.45, 2.75) is 31.2 Å². The average molecular weight is 356 g/mol. The Labute approximate surface area is 155 Å². The van der Waals surface area contributed by atoms with E-state index in [1.807, 2.05) is 37.1 Å². The predicted molar refractivity (Wildman–Crippen MR) is 101 cm³/mol. The molecule has 1 aliphatic rings. The summed E-state index contributed by atoms with van der Waals surface area (Å²) in [4.78, 5) is 14.5. The molecule has 26 heavy (non-hydrogen) atoms. The molecule has 5 nitrogen and oxygen atoms in total. The first-order valence-electron chi connectivity index (χ1n) is 9.24. The highest BCUT2D eigenvalue weighted by Gasteiger charge is 2.34. The molecule has 0 bridgehead atoms. The number of ether oxygens (including phenoxy) is 1. The quantitative estimate of drug-likeness (QED) is 0.828. The van der Waals surface area contributed by atoms with Crippen molar-refractivity contribution >= 4 is 5.91 Å². The van der Waals surface area contributed by atoms with Crippen LogP contribution >= 0.6 is 0 Å². The zero-order valence-electron chi connectivity index (χ0n) is 15.6. The van der Waals surface area contributed by atoms with Gasteiger partial charge in [0.05, 0.1) is 18.8 Å². The summed E-state index contributed by atoms with van der Waals surface area (Å²) >= 11 is 0. The minimum atomic E-state index is -0.0413. The van der Waals surface area contributed by atoms with Gasteiger partial charge in [0.15, 0.2) is 0 Å². The molecule has 1 amide bonds. The highest BCUT2D eigenvalue weighted by Crippen LogP contribution is 2.34. The van der Waals surface area contributed by atoms with Crippen LogP contribution < -0.4 is 5.32 Å². The number of hydrogen-bond acceptors (Lipinski definition) is 4. The Hall–Kier alpha value is -2.11. The van der Waals surface area contributed by atoms with Gasteiger partial charge >= 0.3 is 0 Å². The second-order valence-corrected chi connectivity index (χ2v) is 7.14. The molecule has 1 N–H and O–H groups in total. The van der Waals surface area contributed by atoms with Crippen LogP contribution in [0, 0.1) is 0 Å². The molecule has 0 spiro atoms. The third kappa shape index (κ3) is 4.34.